The largest absolute Gasteiger partial charge is 0.337 e. The summed E-state index contributed by atoms with van der Waals surface area (Å²) in [6, 6.07) is 15.5. The molecule has 0 aliphatic rings. The Balaban J connectivity index is 1.47. The van der Waals surface area contributed by atoms with Gasteiger partial charge >= 0.3 is 0 Å². The van der Waals surface area contributed by atoms with E-state index < -0.39 is 0 Å². The summed E-state index contributed by atoms with van der Waals surface area (Å²) in [7, 11) is 0. The number of aromatic nitrogens is 6. The van der Waals surface area contributed by atoms with E-state index in [1.165, 1.54) is 17.1 Å². The highest BCUT2D eigenvalue weighted by Gasteiger charge is 2.14. The molecule has 0 aliphatic heterocycles. The summed E-state index contributed by atoms with van der Waals surface area (Å²) in [5.74, 6) is 0.778. The minimum absolute atomic E-state index is 0.124. The van der Waals surface area contributed by atoms with Crippen LogP contribution in [0.4, 0.5) is 0 Å². The van der Waals surface area contributed by atoms with Gasteiger partial charge in [0.15, 0.2) is 5.65 Å². The van der Waals surface area contributed by atoms with E-state index >= 15 is 0 Å². The fraction of sp³-hybridized carbons (Fsp3) is 0.0952. The molecule has 2 aromatic carbocycles. The Morgan fingerprint density at radius 3 is 2.77 bits per heavy atom. The molecule has 0 unspecified atom stereocenters. The molecule has 0 amide bonds. The maximum absolute atomic E-state index is 12.9. The number of benzene rings is 2. The summed E-state index contributed by atoms with van der Waals surface area (Å²) in [6.07, 6.45) is 3.00. The molecule has 0 spiro atoms. The molecule has 8 nitrogen and oxygen atoms in total. The molecule has 0 fully saturated rings. The second kappa shape index (κ2) is 7.34. The van der Waals surface area contributed by atoms with Gasteiger partial charge in [-0.15, -0.1) is 0 Å². The van der Waals surface area contributed by atoms with E-state index in [1.807, 2.05) is 55.5 Å². The summed E-state index contributed by atoms with van der Waals surface area (Å²) >= 11 is 3.43. The van der Waals surface area contributed by atoms with E-state index in [0.29, 0.717) is 22.7 Å². The molecule has 0 atom stereocenters. The van der Waals surface area contributed by atoms with Gasteiger partial charge in [0, 0.05) is 10.0 Å². The quantitative estimate of drug-likeness (QED) is 0.403. The van der Waals surface area contributed by atoms with Gasteiger partial charge in [0.1, 0.15) is 18.3 Å². The first kappa shape index (κ1) is 18.4. The number of aryl methyl sites for hydroxylation is 1. The third-order valence-corrected chi connectivity index (χ3v) is 5.18. The number of hydrogen-bond acceptors (Lipinski definition) is 6. The van der Waals surface area contributed by atoms with E-state index in [0.717, 1.165) is 21.3 Å². The summed E-state index contributed by atoms with van der Waals surface area (Å²) in [6.45, 7) is 2.14. The molecule has 0 aliphatic carbocycles. The van der Waals surface area contributed by atoms with Crippen molar-refractivity contribution in [3.8, 4) is 17.1 Å². The van der Waals surface area contributed by atoms with Crippen LogP contribution in [0, 0.1) is 6.92 Å². The maximum atomic E-state index is 12.9. The molecular weight excluding hydrogens is 448 g/mol. The third-order valence-electron chi connectivity index (χ3n) is 4.69. The zero-order chi connectivity index (χ0) is 20.7. The van der Waals surface area contributed by atoms with Crippen LogP contribution < -0.4 is 5.56 Å². The van der Waals surface area contributed by atoms with Crippen LogP contribution in [0.15, 0.2) is 74.8 Å². The number of rotatable bonds is 4. The minimum atomic E-state index is -0.222. The lowest BCUT2D eigenvalue weighted by molar-refractivity contribution is 0.369. The minimum Gasteiger partial charge on any atom is -0.337 e. The van der Waals surface area contributed by atoms with Gasteiger partial charge in [0.2, 0.25) is 11.7 Å². The fourth-order valence-electron chi connectivity index (χ4n) is 3.15. The van der Waals surface area contributed by atoms with Crippen molar-refractivity contribution in [2.24, 2.45) is 0 Å². The van der Waals surface area contributed by atoms with Crippen molar-refractivity contribution < 1.29 is 4.52 Å². The normalized spacial score (nSPS) is 11.3. The van der Waals surface area contributed by atoms with Gasteiger partial charge in [0.25, 0.3) is 5.56 Å². The zero-order valence-corrected chi connectivity index (χ0v) is 17.4. The first-order chi connectivity index (χ1) is 14.6. The molecule has 0 bridgehead atoms. The van der Waals surface area contributed by atoms with Crippen LogP contribution in [0.25, 0.3) is 28.1 Å². The van der Waals surface area contributed by atoms with E-state index in [4.69, 9.17) is 4.52 Å². The standard InChI is InChI=1S/C21H15BrN6O2/c1-13-5-7-16(8-6-13)28-20-17(10-24-28)21(29)27(12-23-20)11-18-25-19(26-30-18)14-3-2-4-15(22)9-14/h2-10,12H,11H2,1H3. The van der Waals surface area contributed by atoms with Crippen molar-refractivity contribution in [3.63, 3.8) is 0 Å². The molecule has 0 N–H and O–H groups in total. The molecule has 5 aromatic rings. The Morgan fingerprint density at radius 1 is 1.13 bits per heavy atom. The Labute approximate surface area is 178 Å². The average Bonchev–Trinajstić information content (AvgIpc) is 3.38. The summed E-state index contributed by atoms with van der Waals surface area (Å²) in [5, 5.41) is 8.77. The highest BCUT2D eigenvalue weighted by Crippen LogP contribution is 2.20. The fourth-order valence-corrected chi connectivity index (χ4v) is 3.55. The molecule has 0 radical (unpaired) electrons. The second-order valence-corrected chi connectivity index (χ2v) is 7.74. The van der Waals surface area contributed by atoms with Crippen molar-refractivity contribution in [2.75, 3.05) is 0 Å². The Morgan fingerprint density at radius 2 is 1.97 bits per heavy atom. The molecule has 5 rings (SSSR count). The Hall–Kier alpha value is -3.59. The van der Waals surface area contributed by atoms with Gasteiger partial charge in [-0.05, 0) is 31.2 Å². The van der Waals surface area contributed by atoms with E-state index in [1.54, 1.807) is 4.68 Å². The smallest absolute Gasteiger partial charge is 0.264 e. The molecule has 3 heterocycles. The molecule has 9 heteroatoms. The topological polar surface area (TPSA) is 91.6 Å². The Bertz CT molecular complexity index is 1420. The molecule has 30 heavy (non-hydrogen) atoms. The van der Waals surface area contributed by atoms with Crippen molar-refractivity contribution in [1.29, 1.82) is 0 Å². The highest BCUT2D eigenvalue weighted by atomic mass is 79.9. The van der Waals surface area contributed by atoms with Crippen LogP contribution in [0.3, 0.4) is 0 Å². The van der Waals surface area contributed by atoms with Crippen LogP contribution in [0.5, 0.6) is 0 Å². The molecule has 3 aromatic heterocycles. The van der Waals surface area contributed by atoms with Crippen LogP contribution in [-0.2, 0) is 6.54 Å². The first-order valence-corrected chi connectivity index (χ1v) is 9.96. The van der Waals surface area contributed by atoms with Crippen molar-refractivity contribution in [3.05, 3.63) is 87.3 Å². The zero-order valence-electron chi connectivity index (χ0n) is 15.9. The number of halogens is 1. The maximum Gasteiger partial charge on any atom is 0.264 e. The van der Waals surface area contributed by atoms with Crippen molar-refractivity contribution in [2.45, 2.75) is 13.5 Å². The van der Waals surface area contributed by atoms with Crippen molar-refractivity contribution in [1.82, 2.24) is 29.5 Å². The first-order valence-electron chi connectivity index (χ1n) is 9.17. The van der Waals surface area contributed by atoms with Crippen LogP contribution in [0.2, 0.25) is 0 Å². The molecule has 0 saturated carbocycles. The van der Waals surface area contributed by atoms with Gasteiger partial charge in [0.05, 0.1) is 11.9 Å². The lowest BCUT2D eigenvalue weighted by Crippen LogP contribution is -2.21. The van der Waals surface area contributed by atoms with Crippen LogP contribution in [-0.4, -0.2) is 29.5 Å². The van der Waals surface area contributed by atoms with E-state index in [-0.39, 0.29) is 12.1 Å². The highest BCUT2D eigenvalue weighted by molar-refractivity contribution is 9.10. The van der Waals surface area contributed by atoms with Gasteiger partial charge in [-0.3, -0.25) is 9.36 Å². The third kappa shape index (κ3) is 3.33. The molecule has 0 saturated heterocycles. The van der Waals surface area contributed by atoms with Crippen LogP contribution in [0.1, 0.15) is 11.5 Å². The average molecular weight is 463 g/mol. The van der Waals surface area contributed by atoms with Crippen LogP contribution >= 0.6 is 15.9 Å². The number of hydrogen-bond donors (Lipinski definition) is 0. The lowest BCUT2D eigenvalue weighted by Gasteiger charge is -2.05. The van der Waals surface area contributed by atoms with Gasteiger partial charge in [-0.2, -0.15) is 10.1 Å². The predicted molar refractivity (Wildman–Crippen MR) is 114 cm³/mol. The van der Waals surface area contributed by atoms with Gasteiger partial charge < -0.3 is 4.52 Å². The van der Waals surface area contributed by atoms with Gasteiger partial charge in [-0.1, -0.05) is 50.9 Å². The summed E-state index contributed by atoms with van der Waals surface area (Å²) in [4.78, 5) is 21.8. The molecule has 148 valence electrons. The van der Waals surface area contributed by atoms with E-state index in [2.05, 4.69) is 36.2 Å². The van der Waals surface area contributed by atoms with Gasteiger partial charge in [-0.25, -0.2) is 9.67 Å². The number of fused-ring (bicyclic) bond motifs is 1. The Kier molecular flexibility index (Phi) is 4.51. The predicted octanol–water partition coefficient (Wildman–Crippen LogP) is 3.75. The lowest BCUT2D eigenvalue weighted by atomic mass is 10.2. The van der Waals surface area contributed by atoms with E-state index in [9.17, 15) is 4.79 Å². The molecular formula is C21H15BrN6O2. The van der Waals surface area contributed by atoms with Crippen molar-refractivity contribution >= 4 is 27.0 Å². The monoisotopic (exact) mass is 462 g/mol. The summed E-state index contributed by atoms with van der Waals surface area (Å²) < 4.78 is 9.33. The number of nitrogens with zero attached hydrogens (tertiary/aromatic N) is 6. The second-order valence-electron chi connectivity index (χ2n) is 6.83. The summed E-state index contributed by atoms with van der Waals surface area (Å²) in [5.41, 5.74) is 3.09. The SMILES string of the molecule is Cc1ccc(-n2ncc3c(=O)n(Cc4nc(-c5cccc(Br)c5)no4)cnc32)cc1.